The fraction of sp³-hybridized carbons (Fsp3) is 0.960. The van der Waals surface area contributed by atoms with Gasteiger partial charge in [0, 0.05) is 19.7 Å². The normalized spacial score (nSPS) is 18.9. The third kappa shape index (κ3) is 14.3. The largest absolute Gasteiger partial charge is 0.466 e. The molecule has 196 valence electrons. The van der Waals surface area contributed by atoms with Crippen molar-refractivity contribution in [2.45, 2.75) is 117 Å². The molecule has 1 aliphatic rings. The first-order valence-electron chi connectivity index (χ1n) is 13.2. The second-order valence-corrected chi connectivity index (χ2v) is 11.3. The summed E-state index contributed by atoms with van der Waals surface area (Å²) in [6.07, 6.45) is 14.0. The second kappa shape index (κ2) is 17.7. The van der Waals surface area contributed by atoms with E-state index in [-0.39, 0.29) is 24.3 Å². The summed E-state index contributed by atoms with van der Waals surface area (Å²) in [6, 6.07) is 0. The van der Waals surface area contributed by atoms with Gasteiger partial charge in [0.25, 0.3) is 0 Å². The van der Waals surface area contributed by atoms with Crippen LogP contribution in [0.5, 0.6) is 0 Å². The highest BCUT2D eigenvalue weighted by Crippen LogP contribution is 2.21. The lowest BCUT2D eigenvalue weighted by Gasteiger charge is -2.28. The molecule has 0 radical (unpaired) electrons. The predicted octanol–water partition coefficient (Wildman–Crippen LogP) is 5.28. The maximum atomic E-state index is 12.3. The smallest absolute Gasteiger partial charge is 0.308 e. The molecular weight excluding hydrogens is 442 g/mol. The van der Waals surface area contributed by atoms with Crippen LogP contribution in [0.25, 0.3) is 0 Å². The van der Waals surface area contributed by atoms with E-state index in [0.29, 0.717) is 19.7 Å². The fourth-order valence-corrected chi connectivity index (χ4v) is 5.11. The molecule has 0 aliphatic carbocycles. The molecular formula is C25H49NO6S. The van der Waals surface area contributed by atoms with Gasteiger partial charge in [0.15, 0.2) is 6.29 Å². The van der Waals surface area contributed by atoms with Gasteiger partial charge in [-0.05, 0) is 58.3 Å². The number of sulfonamides is 1. The Kier molecular flexibility index (Phi) is 16.3. The quantitative estimate of drug-likeness (QED) is 0.181. The van der Waals surface area contributed by atoms with Gasteiger partial charge in [0.05, 0.1) is 24.9 Å². The molecule has 33 heavy (non-hydrogen) atoms. The van der Waals surface area contributed by atoms with Crippen LogP contribution in [0.15, 0.2) is 0 Å². The fourth-order valence-electron chi connectivity index (χ4n) is 4.19. The highest BCUT2D eigenvalue weighted by atomic mass is 32.2. The van der Waals surface area contributed by atoms with E-state index in [1.165, 1.54) is 19.1 Å². The summed E-state index contributed by atoms with van der Waals surface area (Å²) < 4.78 is 43.2. The molecule has 1 fully saturated rings. The number of nitrogens with zero attached hydrogens (tertiary/aromatic N) is 1. The number of ether oxygens (including phenoxy) is 3. The lowest BCUT2D eigenvalue weighted by molar-refractivity contribution is -0.190. The van der Waals surface area contributed by atoms with E-state index < -0.39 is 10.0 Å². The van der Waals surface area contributed by atoms with E-state index in [2.05, 4.69) is 6.92 Å². The zero-order chi connectivity index (χ0) is 24.5. The molecule has 7 nitrogen and oxygen atoms in total. The Morgan fingerprint density at radius 3 is 2.33 bits per heavy atom. The number of hydrogen-bond acceptors (Lipinski definition) is 6. The van der Waals surface area contributed by atoms with E-state index in [1.54, 1.807) is 4.31 Å². The molecule has 0 N–H and O–H groups in total. The highest BCUT2D eigenvalue weighted by molar-refractivity contribution is 7.88. The third-order valence-electron chi connectivity index (χ3n) is 6.25. The Bertz CT molecular complexity index is 606. The van der Waals surface area contributed by atoms with Gasteiger partial charge in [-0.1, -0.05) is 46.0 Å². The molecule has 1 rings (SSSR count). The van der Waals surface area contributed by atoms with Gasteiger partial charge < -0.3 is 14.2 Å². The molecule has 8 heteroatoms. The van der Waals surface area contributed by atoms with Crippen molar-refractivity contribution in [1.82, 2.24) is 4.31 Å². The van der Waals surface area contributed by atoms with Crippen molar-refractivity contribution < 1.29 is 27.4 Å². The molecule has 1 heterocycles. The summed E-state index contributed by atoms with van der Waals surface area (Å²) in [4.78, 5) is 11.7. The molecule has 0 bridgehead atoms. The molecule has 3 atom stereocenters. The maximum Gasteiger partial charge on any atom is 0.308 e. The molecule has 0 spiro atoms. The first-order valence-corrected chi connectivity index (χ1v) is 15.0. The van der Waals surface area contributed by atoms with Crippen LogP contribution in [0.4, 0.5) is 0 Å². The summed E-state index contributed by atoms with van der Waals surface area (Å²) in [6.45, 7) is 8.13. The van der Waals surface area contributed by atoms with Crippen molar-refractivity contribution in [3.8, 4) is 0 Å². The number of unbranched alkanes of at least 4 members (excludes halogenated alkanes) is 4. The molecule has 0 aromatic heterocycles. The van der Waals surface area contributed by atoms with Gasteiger partial charge in [-0.3, -0.25) is 4.79 Å². The molecule has 0 amide bonds. The monoisotopic (exact) mass is 491 g/mol. The van der Waals surface area contributed by atoms with Crippen LogP contribution < -0.4 is 0 Å². The minimum Gasteiger partial charge on any atom is -0.466 e. The second-order valence-electron chi connectivity index (χ2n) is 9.36. The number of hydrogen-bond donors (Lipinski definition) is 0. The Balaban J connectivity index is 2.40. The van der Waals surface area contributed by atoms with Gasteiger partial charge >= 0.3 is 5.97 Å². The topological polar surface area (TPSA) is 82.1 Å². The van der Waals surface area contributed by atoms with Crippen molar-refractivity contribution in [3.63, 3.8) is 0 Å². The van der Waals surface area contributed by atoms with E-state index in [1.807, 2.05) is 13.8 Å². The van der Waals surface area contributed by atoms with Crippen LogP contribution in [0.2, 0.25) is 0 Å². The lowest BCUT2D eigenvalue weighted by atomic mass is 10.0. The zero-order valence-electron chi connectivity index (χ0n) is 21.6. The molecule has 0 aromatic rings. The van der Waals surface area contributed by atoms with Crippen molar-refractivity contribution >= 4 is 16.0 Å². The summed E-state index contributed by atoms with van der Waals surface area (Å²) in [5.74, 6) is -0.252. The van der Waals surface area contributed by atoms with Crippen LogP contribution >= 0.6 is 0 Å². The van der Waals surface area contributed by atoms with Gasteiger partial charge in [-0.25, -0.2) is 12.7 Å². The summed E-state index contributed by atoms with van der Waals surface area (Å²) in [5, 5.41) is 0. The summed E-state index contributed by atoms with van der Waals surface area (Å²) in [5.41, 5.74) is 0. The molecule has 0 aromatic carbocycles. The summed E-state index contributed by atoms with van der Waals surface area (Å²) in [7, 11) is -3.24. The first kappa shape index (κ1) is 30.3. The van der Waals surface area contributed by atoms with E-state index >= 15 is 0 Å². The molecule has 0 saturated carbocycles. The predicted molar refractivity (Wildman–Crippen MR) is 133 cm³/mol. The zero-order valence-corrected chi connectivity index (χ0v) is 22.4. The number of rotatable bonds is 19. The van der Waals surface area contributed by atoms with Crippen LogP contribution in [0.3, 0.4) is 0 Å². The van der Waals surface area contributed by atoms with Gasteiger partial charge in [-0.15, -0.1) is 0 Å². The Morgan fingerprint density at radius 1 is 1.00 bits per heavy atom. The Labute approximate surface area is 203 Å². The summed E-state index contributed by atoms with van der Waals surface area (Å²) >= 11 is 0. The molecule has 3 unspecified atom stereocenters. The average Bonchev–Trinajstić information content (AvgIpc) is 2.77. The SMILES string of the molecule is CCCCCC(CCCN(CCCCCC(C)C(=O)OCC)S(C)(=O)=O)OC1CCCCO1. The highest BCUT2D eigenvalue weighted by Gasteiger charge is 2.21. The van der Waals surface area contributed by atoms with Crippen LogP contribution in [-0.2, 0) is 29.0 Å². The standard InChI is InChI=1S/C25H49NO6S/c1-5-7-9-16-23(32-24-18-11-13-21-31-24)17-14-20-26(33(4,28)29)19-12-8-10-15-22(3)25(27)30-6-2/h22-24H,5-21H2,1-4H3. The molecule has 1 aliphatic heterocycles. The minimum absolute atomic E-state index is 0.103. The van der Waals surface area contributed by atoms with Crippen molar-refractivity contribution in [3.05, 3.63) is 0 Å². The van der Waals surface area contributed by atoms with Crippen LogP contribution in [0.1, 0.15) is 104 Å². The van der Waals surface area contributed by atoms with Gasteiger partial charge in [0.2, 0.25) is 10.0 Å². The Morgan fingerprint density at radius 2 is 1.70 bits per heavy atom. The van der Waals surface area contributed by atoms with Gasteiger partial charge in [-0.2, -0.15) is 0 Å². The van der Waals surface area contributed by atoms with Crippen molar-refractivity contribution in [2.75, 3.05) is 32.6 Å². The minimum atomic E-state index is -3.24. The first-order chi connectivity index (χ1) is 15.8. The maximum absolute atomic E-state index is 12.3. The number of esters is 1. The van der Waals surface area contributed by atoms with E-state index in [0.717, 1.165) is 77.2 Å². The Hall–Kier alpha value is -0.700. The van der Waals surface area contributed by atoms with Crippen molar-refractivity contribution in [2.24, 2.45) is 5.92 Å². The third-order valence-corrected chi connectivity index (χ3v) is 7.55. The number of carbonyl (C=O) groups excluding carboxylic acids is 1. The van der Waals surface area contributed by atoms with Crippen LogP contribution in [0, 0.1) is 5.92 Å². The van der Waals surface area contributed by atoms with E-state index in [4.69, 9.17) is 14.2 Å². The van der Waals surface area contributed by atoms with Crippen LogP contribution in [-0.4, -0.2) is 63.6 Å². The molecule has 1 saturated heterocycles. The van der Waals surface area contributed by atoms with E-state index in [9.17, 15) is 13.2 Å². The lowest BCUT2D eigenvalue weighted by Crippen LogP contribution is -2.33. The number of carbonyl (C=O) groups is 1. The average molecular weight is 492 g/mol. The van der Waals surface area contributed by atoms with Crippen molar-refractivity contribution in [1.29, 1.82) is 0 Å². The van der Waals surface area contributed by atoms with Gasteiger partial charge in [0.1, 0.15) is 0 Å².